The van der Waals surface area contributed by atoms with Gasteiger partial charge in [-0.2, -0.15) is 0 Å². The molecule has 2 heterocycles. The average molecular weight is 458 g/mol. The minimum Gasteiger partial charge on any atom is -0.306 e. The van der Waals surface area contributed by atoms with Gasteiger partial charge >= 0.3 is 0 Å². The topological polar surface area (TPSA) is 80.1 Å². The molecule has 0 bridgehead atoms. The van der Waals surface area contributed by atoms with Crippen molar-refractivity contribution in [2.75, 3.05) is 25.9 Å². The summed E-state index contributed by atoms with van der Waals surface area (Å²) in [7, 11) is -1.51. The number of thioether (sulfide) groups is 1. The number of aromatic nitrogens is 3. The molecular weight excluding hydrogens is 430 g/mol. The van der Waals surface area contributed by atoms with Gasteiger partial charge in [0.2, 0.25) is 10.0 Å². The maximum absolute atomic E-state index is 12.7. The molecule has 3 rings (SSSR count). The Balaban J connectivity index is 1.69. The van der Waals surface area contributed by atoms with Gasteiger partial charge in [0.05, 0.1) is 10.9 Å². The number of nitrogens with zero attached hydrogens (tertiary/aromatic N) is 4. The van der Waals surface area contributed by atoms with Gasteiger partial charge in [-0.25, -0.2) is 13.1 Å². The third-order valence-corrected chi connectivity index (χ3v) is 8.08. The highest BCUT2D eigenvalue weighted by molar-refractivity contribution is 7.99. The largest absolute Gasteiger partial charge is 0.306 e. The number of hydrogen-bond donors (Lipinski definition) is 1. The van der Waals surface area contributed by atoms with Gasteiger partial charge in [0.15, 0.2) is 11.0 Å². The van der Waals surface area contributed by atoms with E-state index >= 15 is 0 Å². The second kappa shape index (κ2) is 9.78. The summed E-state index contributed by atoms with van der Waals surface area (Å²) in [5.41, 5.74) is 0. The molecule has 1 unspecified atom stereocenters. The molecule has 0 amide bonds. The van der Waals surface area contributed by atoms with Gasteiger partial charge in [-0.1, -0.05) is 23.4 Å². The molecule has 0 spiro atoms. The normalized spacial score (nSPS) is 19.4. The molecule has 1 N–H and O–H groups in total. The predicted molar refractivity (Wildman–Crippen MR) is 117 cm³/mol. The molecule has 2 aromatic rings. The SMILES string of the molecule is CCn1c(SCC2CCCN(C)C2)nnc1[C@@H](C)NS(=O)(=O)c1ccc(Cl)cc1. The Labute approximate surface area is 182 Å². The van der Waals surface area contributed by atoms with Crippen LogP contribution in [0.5, 0.6) is 0 Å². The van der Waals surface area contributed by atoms with E-state index in [4.69, 9.17) is 11.6 Å². The van der Waals surface area contributed by atoms with Gasteiger partial charge in [0.25, 0.3) is 0 Å². The first-order valence-corrected chi connectivity index (χ1v) is 12.7. The van der Waals surface area contributed by atoms with Gasteiger partial charge in [-0.3, -0.25) is 0 Å². The summed E-state index contributed by atoms with van der Waals surface area (Å²) >= 11 is 7.56. The molecule has 1 aliphatic heterocycles. The van der Waals surface area contributed by atoms with Crippen LogP contribution in [0.1, 0.15) is 38.6 Å². The minimum absolute atomic E-state index is 0.173. The van der Waals surface area contributed by atoms with Crippen LogP contribution in [0.4, 0.5) is 0 Å². The van der Waals surface area contributed by atoms with Crippen LogP contribution in [-0.2, 0) is 16.6 Å². The van der Waals surface area contributed by atoms with Crippen LogP contribution in [0, 0.1) is 5.92 Å². The molecule has 1 aliphatic rings. The fourth-order valence-electron chi connectivity index (χ4n) is 3.59. The number of rotatable bonds is 8. The highest BCUT2D eigenvalue weighted by Crippen LogP contribution is 2.27. The van der Waals surface area contributed by atoms with Crippen LogP contribution in [0.3, 0.4) is 0 Å². The summed E-state index contributed by atoms with van der Waals surface area (Å²) in [5.74, 6) is 2.26. The number of halogens is 1. The predicted octanol–water partition coefficient (Wildman–Crippen LogP) is 3.42. The Morgan fingerprint density at radius 1 is 1.31 bits per heavy atom. The molecule has 0 radical (unpaired) electrons. The van der Waals surface area contributed by atoms with Crippen molar-refractivity contribution < 1.29 is 8.42 Å². The van der Waals surface area contributed by atoms with E-state index in [1.54, 1.807) is 30.8 Å². The zero-order chi connectivity index (χ0) is 21.0. The molecule has 0 aliphatic carbocycles. The molecule has 1 saturated heterocycles. The lowest BCUT2D eigenvalue weighted by Crippen LogP contribution is -2.33. The number of hydrogen-bond acceptors (Lipinski definition) is 6. The minimum atomic E-state index is -3.68. The van der Waals surface area contributed by atoms with E-state index in [2.05, 4.69) is 26.9 Å². The van der Waals surface area contributed by atoms with E-state index in [-0.39, 0.29) is 4.90 Å². The van der Waals surface area contributed by atoms with Crippen molar-refractivity contribution in [3.63, 3.8) is 0 Å². The van der Waals surface area contributed by atoms with Gasteiger partial charge in [-0.15, -0.1) is 10.2 Å². The van der Waals surface area contributed by atoms with Gasteiger partial charge < -0.3 is 9.47 Å². The molecule has 160 valence electrons. The lowest BCUT2D eigenvalue weighted by molar-refractivity contribution is 0.224. The second-order valence-corrected chi connectivity index (χ2v) is 10.6. The van der Waals surface area contributed by atoms with E-state index < -0.39 is 16.1 Å². The lowest BCUT2D eigenvalue weighted by atomic mass is 10.0. The van der Waals surface area contributed by atoms with Crippen molar-refractivity contribution in [1.29, 1.82) is 0 Å². The van der Waals surface area contributed by atoms with Crippen LogP contribution in [0.25, 0.3) is 0 Å². The molecule has 1 aromatic carbocycles. The van der Waals surface area contributed by atoms with Crippen molar-refractivity contribution in [2.24, 2.45) is 5.92 Å². The molecule has 1 fully saturated rings. The number of piperidine rings is 1. The van der Waals surface area contributed by atoms with Crippen LogP contribution in [0.2, 0.25) is 5.02 Å². The fraction of sp³-hybridized carbons (Fsp3) is 0.579. The number of benzene rings is 1. The van der Waals surface area contributed by atoms with E-state index in [9.17, 15) is 8.42 Å². The van der Waals surface area contributed by atoms with Crippen LogP contribution in [-0.4, -0.2) is 54.0 Å². The highest BCUT2D eigenvalue weighted by atomic mass is 35.5. The lowest BCUT2D eigenvalue weighted by Gasteiger charge is -2.29. The summed E-state index contributed by atoms with van der Waals surface area (Å²) in [5, 5.41) is 9.96. The third-order valence-electron chi connectivity index (χ3n) is 5.08. The van der Waals surface area contributed by atoms with E-state index in [1.165, 1.54) is 31.5 Å². The Kier molecular flexibility index (Phi) is 7.61. The second-order valence-electron chi connectivity index (χ2n) is 7.46. The van der Waals surface area contributed by atoms with Crippen molar-refractivity contribution in [3.05, 3.63) is 35.1 Å². The van der Waals surface area contributed by atoms with E-state index in [1.807, 2.05) is 11.5 Å². The van der Waals surface area contributed by atoms with Crippen molar-refractivity contribution >= 4 is 33.4 Å². The molecular formula is C19H28ClN5O2S2. The van der Waals surface area contributed by atoms with Crippen molar-refractivity contribution in [3.8, 4) is 0 Å². The summed E-state index contributed by atoms with van der Waals surface area (Å²) < 4.78 is 30.0. The van der Waals surface area contributed by atoms with Crippen LogP contribution in [0.15, 0.2) is 34.3 Å². The van der Waals surface area contributed by atoms with E-state index in [0.717, 1.165) is 17.5 Å². The quantitative estimate of drug-likeness (QED) is 0.612. The Morgan fingerprint density at radius 3 is 2.69 bits per heavy atom. The van der Waals surface area contributed by atoms with E-state index in [0.29, 0.717) is 23.3 Å². The molecule has 2 atom stereocenters. The molecule has 29 heavy (non-hydrogen) atoms. The van der Waals surface area contributed by atoms with Crippen LogP contribution >= 0.6 is 23.4 Å². The standard InChI is InChI=1S/C19H28ClN5O2S2/c1-4-25-18(14(2)23-29(26,27)17-9-7-16(20)8-10-17)21-22-19(25)28-13-15-6-5-11-24(3)12-15/h7-10,14-15,23H,4-6,11-13H2,1-3H3/t14-,15?/m1/s1. The van der Waals surface area contributed by atoms with Gasteiger partial charge in [0.1, 0.15) is 0 Å². The smallest absolute Gasteiger partial charge is 0.241 e. The molecule has 0 saturated carbocycles. The zero-order valence-electron chi connectivity index (χ0n) is 17.0. The monoisotopic (exact) mass is 457 g/mol. The van der Waals surface area contributed by atoms with Crippen molar-refractivity contribution in [1.82, 2.24) is 24.4 Å². The maximum atomic E-state index is 12.7. The first kappa shape index (κ1) is 22.6. The van der Waals surface area contributed by atoms with Crippen LogP contribution < -0.4 is 4.72 Å². The van der Waals surface area contributed by atoms with Gasteiger partial charge in [-0.05, 0) is 70.5 Å². The summed E-state index contributed by atoms with van der Waals surface area (Å²) in [6, 6.07) is 5.60. The number of likely N-dealkylation sites (tertiary alicyclic amines) is 1. The fourth-order valence-corrected chi connectivity index (χ4v) is 6.05. The number of nitrogens with one attached hydrogen (secondary N) is 1. The molecule has 10 heteroatoms. The maximum Gasteiger partial charge on any atom is 0.241 e. The molecule has 7 nitrogen and oxygen atoms in total. The summed E-state index contributed by atoms with van der Waals surface area (Å²) in [6.45, 7) is 6.77. The molecule has 1 aromatic heterocycles. The highest BCUT2D eigenvalue weighted by Gasteiger charge is 2.24. The Morgan fingerprint density at radius 2 is 2.03 bits per heavy atom. The third kappa shape index (κ3) is 5.73. The summed E-state index contributed by atoms with van der Waals surface area (Å²) in [6.07, 6.45) is 2.47. The summed E-state index contributed by atoms with van der Waals surface area (Å²) in [4.78, 5) is 2.55. The Bertz CT molecular complexity index is 917. The zero-order valence-corrected chi connectivity index (χ0v) is 19.4. The Hall–Kier alpha value is -1.13. The average Bonchev–Trinajstić information content (AvgIpc) is 3.09. The van der Waals surface area contributed by atoms with Crippen molar-refractivity contribution in [2.45, 2.75) is 49.3 Å². The first-order valence-electron chi connectivity index (χ1n) is 9.82. The van der Waals surface area contributed by atoms with Gasteiger partial charge in [0, 0.05) is 23.9 Å². The first-order chi connectivity index (χ1) is 13.8. The number of sulfonamides is 1.